The second kappa shape index (κ2) is 42.7. The number of amides is 14. The minimum absolute atomic E-state index is 0.00843. The molecule has 1 rings (SSSR count). The fraction of sp³-hybridized carbons (Fsp3) is 0.733. The van der Waals surface area contributed by atoms with Crippen LogP contribution in [0.3, 0.4) is 0 Å². The molecule has 1 heterocycles. The van der Waals surface area contributed by atoms with Crippen LogP contribution >= 0.6 is 0 Å². The Labute approximate surface area is 557 Å². The first-order valence-corrected chi connectivity index (χ1v) is 32.1. The van der Waals surface area contributed by atoms with Crippen molar-refractivity contribution in [1.29, 1.82) is 0 Å². The lowest BCUT2D eigenvalue weighted by atomic mass is 9.99. The van der Waals surface area contributed by atoms with E-state index in [4.69, 9.17) is 28.7 Å². The minimum Gasteiger partial charge on any atom is -0.481 e. The lowest BCUT2D eigenvalue weighted by Crippen LogP contribution is -2.62. The van der Waals surface area contributed by atoms with Crippen LogP contribution < -0.4 is 81.8 Å². The molecule has 1 aliphatic rings. The predicted molar refractivity (Wildman–Crippen MR) is 342 cm³/mol. The zero-order valence-electron chi connectivity index (χ0n) is 56.2. The number of hydrogen-bond acceptors (Lipinski definition) is 20. The van der Waals surface area contributed by atoms with Crippen molar-refractivity contribution in [3.8, 4) is 0 Å². The fourth-order valence-electron chi connectivity index (χ4n) is 10.1. The summed E-state index contributed by atoms with van der Waals surface area (Å²) in [6, 6.07) is -18.4. The molecular formula is C60H104N16O20. The van der Waals surface area contributed by atoms with Gasteiger partial charge in [-0.3, -0.25) is 71.9 Å². The van der Waals surface area contributed by atoms with Crippen LogP contribution in [0.2, 0.25) is 0 Å². The highest BCUT2D eigenvalue weighted by molar-refractivity contribution is 6.00. The fourth-order valence-corrected chi connectivity index (χ4v) is 10.1. The molecule has 1 aliphatic heterocycles. The first kappa shape index (κ1) is 85.4. The summed E-state index contributed by atoms with van der Waals surface area (Å²) in [5.41, 5.74) is 27.0. The maximum absolute atomic E-state index is 14.3. The lowest BCUT2D eigenvalue weighted by Gasteiger charge is -2.31. The van der Waals surface area contributed by atoms with Crippen LogP contribution in [0.5, 0.6) is 0 Å². The Bertz CT molecular complexity index is 2710. The Kier molecular flexibility index (Phi) is 38.0. The second-order valence-corrected chi connectivity index (χ2v) is 25.5. The van der Waals surface area contributed by atoms with Crippen molar-refractivity contribution < 1.29 is 97.1 Å². The van der Waals surface area contributed by atoms with Crippen LogP contribution in [-0.4, -0.2) is 218 Å². The van der Waals surface area contributed by atoms with Gasteiger partial charge in [-0.25, -0.2) is 4.79 Å². The third kappa shape index (κ3) is 31.3. The summed E-state index contributed by atoms with van der Waals surface area (Å²) < 4.78 is 0. The highest BCUT2D eigenvalue weighted by Crippen LogP contribution is 2.21. The van der Waals surface area contributed by atoms with Crippen molar-refractivity contribution >= 4 is 94.6 Å². The van der Waals surface area contributed by atoms with E-state index in [1.165, 1.54) is 20.8 Å². The van der Waals surface area contributed by atoms with Crippen molar-refractivity contribution in [2.45, 2.75) is 237 Å². The first-order chi connectivity index (χ1) is 44.7. The molecular weight excluding hydrogens is 1260 g/mol. The molecule has 0 saturated carbocycles. The average molecular weight is 1370 g/mol. The molecule has 24 N–H and O–H groups in total. The van der Waals surface area contributed by atoms with Crippen LogP contribution in [0.15, 0.2) is 0 Å². The number of carboxylic acid groups (broad SMARTS) is 2. The maximum atomic E-state index is 14.3. The number of rotatable bonds is 46. The number of aliphatic carboxylic acids is 2. The molecule has 14 amide bonds. The smallest absolute Gasteiger partial charge is 0.326 e. The van der Waals surface area contributed by atoms with Gasteiger partial charge in [0.2, 0.25) is 82.7 Å². The number of unbranched alkanes of at least 4 members (excludes halogenated alkanes) is 1. The molecule has 13 atom stereocenters. The third-order valence-electron chi connectivity index (χ3n) is 15.2. The first-order valence-electron chi connectivity index (χ1n) is 32.1. The van der Waals surface area contributed by atoms with Crippen LogP contribution in [0, 0.1) is 23.7 Å². The van der Waals surface area contributed by atoms with Gasteiger partial charge in [0.05, 0.1) is 25.2 Å². The van der Waals surface area contributed by atoms with E-state index >= 15 is 0 Å². The monoisotopic (exact) mass is 1370 g/mol. The Hall–Kier alpha value is -8.64. The van der Waals surface area contributed by atoms with Gasteiger partial charge in [-0.15, -0.1) is 0 Å². The number of aliphatic hydroxyl groups excluding tert-OH is 2. The number of primary amides is 3. The van der Waals surface area contributed by atoms with Gasteiger partial charge in [0.15, 0.2) is 0 Å². The molecule has 0 bridgehead atoms. The molecule has 0 radical (unpaired) electrons. The van der Waals surface area contributed by atoms with E-state index in [1.54, 1.807) is 41.5 Å². The predicted octanol–water partition coefficient (Wildman–Crippen LogP) is -6.20. The Morgan fingerprint density at radius 2 is 0.844 bits per heavy atom. The summed E-state index contributed by atoms with van der Waals surface area (Å²) >= 11 is 0. The molecule has 0 aromatic carbocycles. The summed E-state index contributed by atoms with van der Waals surface area (Å²) in [7, 11) is 0. The van der Waals surface area contributed by atoms with Gasteiger partial charge in [-0.05, 0) is 108 Å². The van der Waals surface area contributed by atoms with Gasteiger partial charge in [0.25, 0.3) is 0 Å². The Balaban J connectivity index is 3.46. The summed E-state index contributed by atoms with van der Waals surface area (Å²) in [4.78, 5) is 213. The van der Waals surface area contributed by atoms with Gasteiger partial charge in [0, 0.05) is 25.8 Å². The minimum atomic E-state index is -1.81. The number of likely N-dealkylation sites (tertiary alicyclic amines) is 1. The van der Waals surface area contributed by atoms with E-state index in [0.717, 1.165) is 4.90 Å². The number of carboxylic acids is 2. The molecule has 0 aliphatic carbocycles. The van der Waals surface area contributed by atoms with E-state index in [2.05, 4.69) is 53.2 Å². The molecule has 0 aromatic heterocycles. The molecule has 0 unspecified atom stereocenters. The van der Waals surface area contributed by atoms with Crippen LogP contribution in [-0.2, 0) is 76.7 Å². The highest BCUT2D eigenvalue weighted by atomic mass is 16.4. The van der Waals surface area contributed by atoms with Gasteiger partial charge >= 0.3 is 11.9 Å². The van der Waals surface area contributed by atoms with E-state index in [0.29, 0.717) is 19.4 Å². The number of nitrogens with two attached hydrogens (primary N) is 5. The summed E-state index contributed by atoms with van der Waals surface area (Å²) in [6.45, 7) is 13.8. The molecule has 0 spiro atoms. The molecule has 1 saturated heterocycles. The number of aliphatic hydroxyl groups is 2. The van der Waals surface area contributed by atoms with Crippen molar-refractivity contribution in [1.82, 2.24) is 58.1 Å². The summed E-state index contributed by atoms with van der Waals surface area (Å²) in [5, 5.41) is 65.1. The average Bonchev–Trinajstić information content (AvgIpc) is 1.42. The van der Waals surface area contributed by atoms with Gasteiger partial charge in [-0.1, -0.05) is 55.4 Å². The summed E-state index contributed by atoms with van der Waals surface area (Å²) in [6.07, 6.45) is -4.46. The zero-order chi connectivity index (χ0) is 73.4. The van der Waals surface area contributed by atoms with Crippen molar-refractivity contribution in [2.75, 3.05) is 19.7 Å². The highest BCUT2D eigenvalue weighted by Gasteiger charge is 2.42. The normalized spacial score (nSPS) is 16.7. The van der Waals surface area contributed by atoms with Crippen LogP contribution in [0.25, 0.3) is 0 Å². The lowest BCUT2D eigenvalue weighted by molar-refractivity contribution is -0.143. The maximum Gasteiger partial charge on any atom is 0.326 e. The van der Waals surface area contributed by atoms with Crippen molar-refractivity contribution in [3.63, 3.8) is 0 Å². The van der Waals surface area contributed by atoms with E-state index in [1.807, 2.05) is 0 Å². The zero-order valence-corrected chi connectivity index (χ0v) is 56.2. The molecule has 544 valence electrons. The molecule has 36 heteroatoms. The summed E-state index contributed by atoms with van der Waals surface area (Å²) in [5.74, 6) is -18.2. The van der Waals surface area contributed by atoms with E-state index in [-0.39, 0.29) is 62.8 Å². The van der Waals surface area contributed by atoms with Gasteiger partial charge in [-0.2, -0.15) is 0 Å². The largest absolute Gasteiger partial charge is 0.481 e. The molecule has 0 aromatic rings. The second-order valence-electron chi connectivity index (χ2n) is 25.5. The molecule has 1 fully saturated rings. The van der Waals surface area contributed by atoms with Crippen molar-refractivity contribution in [2.24, 2.45) is 52.3 Å². The molecule has 36 nitrogen and oxygen atoms in total. The number of carbonyl (C=O) groups is 16. The molecule has 96 heavy (non-hydrogen) atoms. The van der Waals surface area contributed by atoms with Gasteiger partial charge < -0.3 is 107 Å². The number of hydrogen-bond donors (Lipinski definition) is 19. The number of carbonyl (C=O) groups excluding carboxylic acids is 14. The van der Waals surface area contributed by atoms with Gasteiger partial charge in [0.1, 0.15) is 66.5 Å². The van der Waals surface area contributed by atoms with E-state index < -0.39 is 231 Å². The quantitative estimate of drug-likeness (QED) is 0.0252. The Morgan fingerprint density at radius 3 is 1.26 bits per heavy atom. The number of nitrogens with one attached hydrogen (secondary N) is 10. The number of nitrogens with zero attached hydrogens (tertiary/aromatic N) is 1. The Morgan fingerprint density at radius 1 is 0.458 bits per heavy atom. The van der Waals surface area contributed by atoms with Crippen molar-refractivity contribution in [3.05, 3.63) is 0 Å². The SMILES string of the molecule is CC(C)C[C@H](NC(=O)[C@H](CC(C)C)NC(=O)[C@@H](NC(=O)[C@H](CC(C)C)NC(=O)[C@@H]1CCCN1C(=O)[C@H](CO)NC(=O)[C@@H](NC(=O)[C@H](CCC(N)=O)NC(=O)[C@H](CCC(=O)O)NC(=O)[C@H](CCC(N)=O)NC(=O)[C@@H](N)CC(N)=O)C(C)C)[C@@H](C)O)C(=O)N[C@@H](CCCCN)C(=O)O. The van der Waals surface area contributed by atoms with Crippen LogP contribution in [0.1, 0.15) is 159 Å². The van der Waals surface area contributed by atoms with Crippen LogP contribution in [0.4, 0.5) is 0 Å². The topological polar surface area (TPSA) is 608 Å². The van der Waals surface area contributed by atoms with E-state index in [9.17, 15) is 97.1 Å². The standard InChI is InChI=1S/C60H104N16O20/c1-28(2)23-38(53(88)69-37(60(95)96)13-10-11-21-61)70-54(89)39(24-29(3)4)72-58(93)48(32(9)78)75-55(90)40(25-30(5)6)71-56(91)42-14-12-22-76(42)59(94)41(27-77)73-57(92)47(31(7)8)74-52(87)35(16-19-44(64)80)67-51(86)36(17-20-46(82)83)68-50(85)34(15-18-43(63)79)66-49(84)33(62)26-45(65)81/h28-42,47-48,77-78H,10-27,61-62H2,1-9H3,(H2,63,79)(H2,64,80)(H2,65,81)(H,66,84)(H,67,86)(H,68,85)(H,69,88)(H,70,89)(H,71,91)(H,72,93)(H,73,92)(H,74,87)(H,75,90)(H,82,83)(H,95,96)/t32-,33+,34+,35+,36+,37+,38+,39+,40+,41+,42+,47+,48+/m1/s1. The third-order valence-corrected chi connectivity index (χ3v) is 15.2.